The summed E-state index contributed by atoms with van der Waals surface area (Å²) in [6.07, 6.45) is 8.27. The molecule has 3 heterocycles. The Hall–Kier alpha value is -3.40. The van der Waals surface area contributed by atoms with E-state index in [1.54, 1.807) is 34.5 Å². The van der Waals surface area contributed by atoms with Crippen LogP contribution in [-0.2, 0) is 0 Å². The van der Waals surface area contributed by atoms with Crippen molar-refractivity contribution in [2.75, 3.05) is 17.7 Å². The minimum absolute atomic E-state index is 0.0566. The molecule has 2 atom stereocenters. The van der Waals surface area contributed by atoms with Crippen LogP contribution in [0.25, 0.3) is 5.65 Å². The quantitative estimate of drug-likeness (QED) is 0.453. The largest absolute Gasteiger partial charge is 0.390 e. The number of carbonyl (C=O) groups is 1. The van der Waals surface area contributed by atoms with E-state index in [0.717, 1.165) is 32.1 Å². The third kappa shape index (κ3) is 4.30. The molecule has 174 valence electrons. The Kier molecular flexibility index (Phi) is 5.32. The summed E-state index contributed by atoms with van der Waals surface area (Å²) in [5, 5.41) is 23.9. The van der Waals surface area contributed by atoms with Gasteiger partial charge in [-0.1, -0.05) is 0 Å². The van der Waals surface area contributed by atoms with Gasteiger partial charge in [0.1, 0.15) is 22.9 Å². The molecular weight excluding hydrogens is 422 g/mol. The van der Waals surface area contributed by atoms with Gasteiger partial charge in [-0.3, -0.25) is 9.59 Å². The van der Waals surface area contributed by atoms with Crippen LogP contribution in [0.15, 0.2) is 35.4 Å². The zero-order chi connectivity index (χ0) is 23.2. The van der Waals surface area contributed by atoms with Crippen molar-refractivity contribution < 1.29 is 9.90 Å². The molecule has 2 saturated carbocycles. The molecule has 2 aliphatic carbocycles. The number of rotatable bonds is 6. The third-order valence-electron chi connectivity index (χ3n) is 6.44. The van der Waals surface area contributed by atoms with Crippen LogP contribution < -0.4 is 21.5 Å². The van der Waals surface area contributed by atoms with Crippen LogP contribution in [0.5, 0.6) is 0 Å². The molecule has 4 N–H and O–H groups in total. The lowest BCUT2D eigenvalue weighted by Gasteiger charge is -2.34. The minimum atomic E-state index is -0.764. The van der Waals surface area contributed by atoms with E-state index in [4.69, 9.17) is 0 Å². The number of amides is 1. The third-order valence-corrected chi connectivity index (χ3v) is 6.44. The van der Waals surface area contributed by atoms with E-state index in [2.05, 4.69) is 26.0 Å². The van der Waals surface area contributed by atoms with Crippen molar-refractivity contribution in [3.63, 3.8) is 0 Å². The molecule has 33 heavy (non-hydrogen) atoms. The molecule has 10 heteroatoms. The van der Waals surface area contributed by atoms with Gasteiger partial charge in [0.15, 0.2) is 5.65 Å². The first kappa shape index (κ1) is 21.4. The molecule has 3 aromatic rings. The van der Waals surface area contributed by atoms with Crippen LogP contribution in [-0.4, -0.2) is 48.9 Å². The summed E-state index contributed by atoms with van der Waals surface area (Å²) in [7, 11) is 1.76. The molecule has 2 fully saturated rings. The summed E-state index contributed by atoms with van der Waals surface area (Å²) in [4.78, 5) is 30.5. The molecule has 1 amide bonds. The average molecular weight is 452 g/mol. The first-order chi connectivity index (χ1) is 15.8. The van der Waals surface area contributed by atoms with Crippen LogP contribution in [0.1, 0.15) is 61.8 Å². The number of aliphatic hydroxyl groups is 1. The number of pyridine rings is 1. The maximum Gasteiger partial charge on any atom is 0.274 e. The molecule has 3 aromatic heterocycles. The highest BCUT2D eigenvalue weighted by atomic mass is 16.3. The second-order valence-corrected chi connectivity index (χ2v) is 9.32. The Bertz CT molecular complexity index is 1260. The molecule has 10 nitrogen and oxygen atoms in total. The number of hydrogen-bond donors (Lipinski definition) is 4. The van der Waals surface area contributed by atoms with Gasteiger partial charge >= 0.3 is 0 Å². The Balaban J connectivity index is 1.47. The van der Waals surface area contributed by atoms with Gasteiger partial charge < -0.3 is 25.6 Å². The highest BCUT2D eigenvalue weighted by Crippen LogP contribution is 2.34. The Morgan fingerprint density at radius 3 is 2.85 bits per heavy atom. The van der Waals surface area contributed by atoms with Crippen molar-refractivity contribution in [2.45, 2.75) is 63.1 Å². The van der Waals surface area contributed by atoms with Crippen LogP contribution in [0.3, 0.4) is 0 Å². The first-order valence-corrected chi connectivity index (χ1v) is 11.4. The summed E-state index contributed by atoms with van der Waals surface area (Å²) in [6.45, 7) is 1.83. The molecular formula is C23H29N7O3. The Labute approximate surface area is 191 Å². The standard InChI is InChI=1S/C23H29N7O3/c1-23(33)9-3-5-15(12-23)29-10-4-6-17(22(29)32)27-18-11-19(24-2)30-20(28-18)16(13-25-30)21(31)26-14-7-8-14/h4,6,10-11,13-15,24,33H,3,5,7-9,12H2,1-2H3,(H,26,31)(H,27,28)/t15-,23?/m0/s1. The molecule has 0 bridgehead atoms. The smallest absolute Gasteiger partial charge is 0.274 e. The number of fused-ring (bicyclic) bond motifs is 1. The highest BCUT2D eigenvalue weighted by molar-refractivity contribution is 6.00. The fraction of sp³-hybridized carbons (Fsp3) is 0.478. The second-order valence-electron chi connectivity index (χ2n) is 9.32. The van der Waals surface area contributed by atoms with E-state index in [1.165, 1.54) is 6.20 Å². The van der Waals surface area contributed by atoms with Crippen LogP contribution >= 0.6 is 0 Å². The van der Waals surface area contributed by atoms with Gasteiger partial charge in [-0.25, -0.2) is 4.98 Å². The number of aromatic nitrogens is 4. The van der Waals surface area contributed by atoms with Gasteiger partial charge in [0, 0.05) is 31.4 Å². The van der Waals surface area contributed by atoms with E-state index in [0.29, 0.717) is 35.0 Å². The fourth-order valence-corrected chi connectivity index (χ4v) is 4.55. The topological polar surface area (TPSA) is 126 Å². The van der Waals surface area contributed by atoms with Crippen molar-refractivity contribution in [1.29, 1.82) is 0 Å². The fourth-order valence-electron chi connectivity index (χ4n) is 4.55. The van der Waals surface area contributed by atoms with Gasteiger partial charge in [-0.2, -0.15) is 9.61 Å². The summed E-state index contributed by atoms with van der Waals surface area (Å²) in [6, 6.07) is 5.43. The zero-order valence-electron chi connectivity index (χ0n) is 18.8. The summed E-state index contributed by atoms with van der Waals surface area (Å²) < 4.78 is 3.27. The Morgan fingerprint density at radius 1 is 1.30 bits per heavy atom. The van der Waals surface area contributed by atoms with E-state index in [9.17, 15) is 14.7 Å². The maximum atomic E-state index is 13.2. The molecule has 2 aliphatic rings. The van der Waals surface area contributed by atoms with E-state index >= 15 is 0 Å². The number of anilines is 3. The van der Waals surface area contributed by atoms with Gasteiger partial charge in [0.25, 0.3) is 11.5 Å². The number of carbonyl (C=O) groups excluding carboxylic acids is 1. The predicted octanol–water partition coefficient (Wildman–Crippen LogP) is 2.43. The van der Waals surface area contributed by atoms with E-state index in [-0.39, 0.29) is 23.6 Å². The number of hydrogen-bond acceptors (Lipinski definition) is 7. The van der Waals surface area contributed by atoms with Crippen molar-refractivity contribution >= 4 is 28.9 Å². The molecule has 0 spiro atoms. The second kappa shape index (κ2) is 8.18. The number of nitrogens with zero attached hydrogens (tertiary/aromatic N) is 4. The van der Waals surface area contributed by atoms with Crippen molar-refractivity contribution in [2.24, 2.45) is 0 Å². The summed E-state index contributed by atoms with van der Waals surface area (Å²) >= 11 is 0. The zero-order valence-corrected chi connectivity index (χ0v) is 18.8. The Morgan fingerprint density at radius 2 is 2.12 bits per heavy atom. The van der Waals surface area contributed by atoms with Gasteiger partial charge in [0.2, 0.25) is 0 Å². The van der Waals surface area contributed by atoms with Crippen LogP contribution in [0.2, 0.25) is 0 Å². The molecule has 0 aromatic carbocycles. The lowest BCUT2D eigenvalue weighted by molar-refractivity contribution is 0.00334. The summed E-state index contributed by atoms with van der Waals surface area (Å²) in [5.41, 5.74) is 0.233. The number of nitrogens with one attached hydrogen (secondary N) is 3. The highest BCUT2D eigenvalue weighted by Gasteiger charge is 2.31. The molecule has 0 saturated heterocycles. The van der Waals surface area contributed by atoms with Crippen molar-refractivity contribution in [3.8, 4) is 0 Å². The summed E-state index contributed by atoms with van der Waals surface area (Å²) in [5.74, 6) is 0.858. The van der Waals surface area contributed by atoms with E-state index < -0.39 is 5.60 Å². The molecule has 1 unspecified atom stereocenters. The van der Waals surface area contributed by atoms with Gasteiger partial charge in [0.05, 0.1) is 11.8 Å². The monoisotopic (exact) mass is 451 g/mol. The SMILES string of the molecule is CNc1cc(Nc2cccn([C@H]3CCCC(C)(O)C3)c2=O)nc2c(C(=O)NC3CC3)cnn12. The normalized spacial score (nSPS) is 22.8. The van der Waals surface area contributed by atoms with Crippen LogP contribution in [0, 0.1) is 0 Å². The lowest BCUT2D eigenvalue weighted by Crippen LogP contribution is -2.36. The van der Waals surface area contributed by atoms with Crippen molar-refractivity contribution in [3.05, 3.63) is 46.5 Å². The minimum Gasteiger partial charge on any atom is -0.390 e. The lowest BCUT2D eigenvalue weighted by atomic mass is 9.83. The predicted molar refractivity (Wildman–Crippen MR) is 125 cm³/mol. The average Bonchev–Trinajstić information content (AvgIpc) is 3.49. The van der Waals surface area contributed by atoms with E-state index in [1.807, 2.05) is 13.0 Å². The molecule has 5 rings (SSSR count). The first-order valence-electron chi connectivity index (χ1n) is 11.4. The molecule has 0 radical (unpaired) electrons. The molecule has 0 aliphatic heterocycles. The maximum absolute atomic E-state index is 13.2. The van der Waals surface area contributed by atoms with Gasteiger partial charge in [-0.05, 0) is 57.6 Å². The van der Waals surface area contributed by atoms with Gasteiger partial charge in [-0.15, -0.1) is 0 Å². The van der Waals surface area contributed by atoms with Crippen LogP contribution in [0.4, 0.5) is 17.3 Å². The van der Waals surface area contributed by atoms with Crippen molar-refractivity contribution in [1.82, 2.24) is 24.5 Å².